The first-order chi connectivity index (χ1) is 9.81. The number of benzene rings is 1. The summed E-state index contributed by atoms with van der Waals surface area (Å²) in [5, 5.41) is 13.8. The third-order valence-electron chi connectivity index (χ3n) is 2.81. The Kier molecular flexibility index (Phi) is 6.43. The third kappa shape index (κ3) is 4.87. The molecule has 0 saturated heterocycles. The van der Waals surface area contributed by atoms with Gasteiger partial charge in [0.05, 0.1) is 4.92 Å². The Balaban J connectivity index is 3.05. The SMILES string of the molecule is CNc1ccc(S(=O)(=O)NCC(C)CSC)c([N+](=O)[O-])c1. The molecule has 1 aromatic carbocycles. The molecule has 0 fully saturated rings. The fourth-order valence-electron chi connectivity index (χ4n) is 1.72. The lowest BCUT2D eigenvalue weighted by molar-refractivity contribution is -0.387. The van der Waals surface area contributed by atoms with Crippen LogP contribution >= 0.6 is 11.8 Å². The van der Waals surface area contributed by atoms with Gasteiger partial charge in [-0.05, 0) is 30.1 Å². The smallest absolute Gasteiger partial charge is 0.291 e. The first-order valence-corrected chi connectivity index (χ1v) is 9.14. The van der Waals surface area contributed by atoms with Crippen molar-refractivity contribution in [1.29, 1.82) is 0 Å². The summed E-state index contributed by atoms with van der Waals surface area (Å²) in [7, 11) is -2.30. The average molecular weight is 333 g/mol. The molecule has 0 aromatic heterocycles. The van der Waals surface area contributed by atoms with E-state index in [0.717, 1.165) is 5.75 Å². The number of hydrogen-bond acceptors (Lipinski definition) is 6. The minimum absolute atomic E-state index is 0.144. The zero-order chi connectivity index (χ0) is 16.0. The molecule has 0 heterocycles. The molecule has 1 rings (SSSR count). The Morgan fingerprint density at radius 1 is 1.43 bits per heavy atom. The molecule has 1 unspecified atom stereocenters. The van der Waals surface area contributed by atoms with Gasteiger partial charge in [-0.25, -0.2) is 13.1 Å². The summed E-state index contributed by atoms with van der Waals surface area (Å²) in [6.45, 7) is 2.16. The molecule has 0 radical (unpaired) electrons. The molecule has 1 aromatic rings. The normalized spacial score (nSPS) is 12.9. The Morgan fingerprint density at radius 2 is 2.10 bits per heavy atom. The summed E-state index contributed by atoms with van der Waals surface area (Å²) in [5.74, 6) is 0.953. The molecule has 0 spiro atoms. The molecule has 0 amide bonds. The molecule has 0 saturated carbocycles. The zero-order valence-electron chi connectivity index (χ0n) is 12.1. The highest BCUT2D eigenvalue weighted by Crippen LogP contribution is 2.27. The summed E-state index contributed by atoms with van der Waals surface area (Å²) < 4.78 is 26.9. The van der Waals surface area contributed by atoms with E-state index in [9.17, 15) is 18.5 Å². The van der Waals surface area contributed by atoms with Gasteiger partial charge >= 0.3 is 0 Å². The maximum atomic E-state index is 12.2. The third-order valence-corrected chi connectivity index (χ3v) is 5.18. The predicted molar refractivity (Wildman–Crippen MR) is 85.4 cm³/mol. The van der Waals surface area contributed by atoms with Crippen LogP contribution in [0, 0.1) is 16.0 Å². The lowest BCUT2D eigenvalue weighted by atomic mass is 10.2. The van der Waals surface area contributed by atoms with Crippen LogP contribution in [0.2, 0.25) is 0 Å². The number of anilines is 1. The van der Waals surface area contributed by atoms with E-state index in [4.69, 9.17) is 0 Å². The lowest BCUT2D eigenvalue weighted by Crippen LogP contribution is -2.29. The molecule has 0 aliphatic carbocycles. The van der Waals surface area contributed by atoms with E-state index < -0.39 is 20.6 Å². The van der Waals surface area contributed by atoms with Crippen molar-refractivity contribution < 1.29 is 13.3 Å². The molecule has 2 N–H and O–H groups in total. The number of nitro benzene ring substituents is 1. The second-order valence-corrected chi connectivity index (χ2v) is 7.25. The molecule has 0 aliphatic rings. The van der Waals surface area contributed by atoms with Crippen LogP contribution < -0.4 is 10.0 Å². The average Bonchev–Trinajstić information content (AvgIpc) is 2.45. The Morgan fingerprint density at radius 3 is 2.62 bits per heavy atom. The fraction of sp³-hybridized carbons (Fsp3) is 0.500. The van der Waals surface area contributed by atoms with Crippen LogP contribution in [0.3, 0.4) is 0 Å². The Bertz CT molecular complexity index is 605. The standard InChI is InChI=1S/C12H19N3O4S2/c1-9(8-20-3)7-14-21(18,19)12-5-4-10(13-2)6-11(12)15(16)17/h4-6,9,13-14H,7-8H2,1-3H3. The number of nitro groups is 1. The van der Waals surface area contributed by atoms with Gasteiger partial charge in [-0.2, -0.15) is 11.8 Å². The fourth-order valence-corrected chi connectivity index (χ4v) is 3.72. The van der Waals surface area contributed by atoms with E-state index in [1.807, 2.05) is 13.2 Å². The molecular weight excluding hydrogens is 314 g/mol. The van der Waals surface area contributed by atoms with E-state index in [0.29, 0.717) is 5.69 Å². The molecule has 0 bridgehead atoms. The Hall–Kier alpha value is -1.32. The van der Waals surface area contributed by atoms with Gasteiger partial charge in [-0.1, -0.05) is 6.92 Å². The van der Waals surface area contributed by atoms with E-state index in [1.54, 1.807) is 18.8 Å². The second-order valence-electron chi connectivity index (χ2n) is 4.60. The van der Waals surface area contributed by atoms with Gasteiger partial charge in [0.25, 0.3) is 5.69 Å². The van der Waals surface area contributed by atoms with Gasteiger partial charge in [-0.3, -0.25) is 10.1 Å². The highest BCUT2D eigenvalue weighted by atomic mass is 32.2. The summed E-state index contributed by atoms with van der Waals surface area (Å²) in [6, 6.07) is 3.94. The number of thioether (sulfide) groups is 1. The van der Waals surface area contributed by atoms with Crippen molar-refractivity contribution >= 4 is 33.2 Å². The number of hydrogen-bond donors (Lipinski definition) is 2. The van der Waals surface area contributed by atoms with E-state index in [1.165, 1.54) is 18.2 Å². The number of nitrogens with zero attached hydrogens (tertiary/aromatic N) is 1. The van der Waals surface area contributed by atoms with Gasteiger partial charge in [-0.15, -0.1) is 0 Å². The van der Waals surface area contributed by atoms with Crippen molar-refractivity contribution in [1.82, 2.24) is 4.72 Å². The summed E-state index contributed by atoms with van der Waals surface area (Å²) in [4.78, 5) is 10.0. The van der Waals surface area contributed by atoms with E-state index in [-0.39, 0.29) is 17.4 Å². The van der Waals surface area contributed by atoms with Gasteiger partial charge < -0.3 is 5.32 Å². The van der Waals surface area contributed by atoms with Crippen LogP contribution in [0.1, 0.15) is 6.92 Å². The molecular formula is C12H19N3O4S2. The van der Waals surface area contributed by atoms with Gasteiger partial charge in [0.2, 0.25) is 10.0 Å². The van der Waals surface area contributed by atoms with Crippen LogP contribution in [0.25, 0.3) is 0 Å². The first kappa shape index (κ1) is 17.7. The van der Waals surface area contributed by atoms with Crippen molar-refractivity contribution in [2.24, 2.45) is 5.92 Å². The van der Waals surface area contributed by atoms with Crippen molar-refractivity contribution in [2.45, 2.75) is 11.8 Å². The summed E-state index contributed by atoms with van der Waals surface area (Å²) in [6.07, 6.45) is 1.94. The maximum absolute atomic E-state index is 12.2. The van der Waals surface area contributed by atoms with Crippen LogP contribution in [0.4, 0.5) is 11.4 Å². The highest BCUT2D eigenvalue weighted by molar-refractivity contribution is 7.98. The zero-order valence-corrected chi connectivity index (χ0v) is 13.8. The minimum Gasteiger partial charge on any atom is -0.388 e. The van der Waals surface area contributed by atoms with Crippen molar-refractivity contribution in [3.63, 3.8) is 0 Å². The summed E-state index contributed by atoms with van der Waals surface area (Å²) >= 11 is 1.62. The van der Waals surface area contributed by atoms with Crippen LogP contribution in [-0.2, 0) is 10.0 Å². The van der Waals surface area contributed by atoms with E-state index >= 15 is 0 Å². The van der Waals surface area contributed by atoms with Crippen LogP contribution in [-0.4, -0.2) is 38.9 Å². The van der Waals surface area contributed by atoms with Crippen LogP contribution in [0.5, 0.6) is 0 Å². The highest BCUT2D eigenvalue weighted by Gasteiger charge is 2.26. The molecule has 9 heteroatoms. The number of nitrogens with one attached hydrogen (secondary N) is 2. The molecule has 118 valence electrons. The monoisotopic (exact) mass is 333 g/mol. The number of sulfonamides is 1. The second kappa shape index (κ2) is 7.62. The topological polar surface area (TPSA) is 101 Å². The van der Waals surface area contributed by atoms with Crippen molar-refractivity contribution in [3.05, 3.63) is 28.3 Å². The molecule has 0 aliphatic heterocycles. The lowest BCUT2D eigenvalue weighted by Gasteiger charge is -2.12. The first-order valence-electron chi connectivity index (χ1n) is 6.26. The molecule has 1 atom stereocenters. The largest absolute Gasteiger partial charge is 0.388 e. The van der Waals surface area contributed by atoms with Crippen molar-refractivity contribution in [3.8, 4) is 0 Å². The number of rotatable bonds is 8. The summed E-state index contributed by atoms with van der Waals surface area (Å²) in [5.41, 5.74) is 0.0447. The molecule has 7 nitrogen and oxygen atoms in total. The van der Waals surface area contributed by atoms with Crippen molar-refractivity contribution in [2.75, 3.05) is 30.9 Å². The van der Waals surface area contributed by atoms with Gasteiger partial charge in [0.15, 0.2) is 4.90 Å². The predicted octanol–water partition coefficient (Wildman–Crippen LogP) is 1.91. The minimum atomic E-state index is -3.90. The van der Waals surface area contributed by atoms with Gasteiger partial charge in [0, 0.05) is 25.3 Å². The quantitative estimate of drug-likeness (QED) is 0.557. The van der Waals surface area contributed by atoms with Crippen LogP contribution in [0.15, 0.2) is 23.1 Å². The maximum Gasteiger partial charge on any atom is 0.291 e. The Labute approximate surface area is 128 Å². The van der Waals surface area contributed by atoms with E-state index in [2.05, 4.69) is 10.0 Å². The van der Waals surface area contributed by atoms with Gasteiger partial charge in [0.1, 0.15) is 0 Å². The molecule has 21 heavy (non-hydrogen) atoms.